The summed E-state index contributed by atoms with van der Waals surface area (Å²) in [6.45, 7) is 18.1. The summed E-state index contributed by atoms with van der Waals surface area (Å²) in [4.78, 5) is 17.2. The van der Waals surface area contributed by atoms with E-state index in [0.29, 0.717) is 25.0 Å². The molecule has 2 aliphatic rings. The van der Waals surface area contributed by atoms with Crippen LogP contribution in [0.25, 0.3) is 22.5 Å². The van der Waals surface area contributed by atoms with Crippen molar-refractivity contribution < 1.29 is 9.47 Å². The zero-order valence-corrected chi connectivity index (χ0v) is 28.1. The minimum absolute atomic E-state index is 0.573. The molecule has 0 spiro atoms. The molecule has 0 unspecified atom stereocenters. The van der Waals surface area contributed by atoms with E-state index in [-0.39, 0.29) is 0 Å². The number of ether oxygens (including phenoxy) is 2. The molecule has 46 heavy (non-hydrogen) atoms. The normalized spacial score (nSPS) is 16.2. The Morgan fingerprint density at radius 3 is 1.26 bits per heavy atom. The van der Waals surface area contributed by atoms with Gasteiger partial charge in [0.2, 0.25) is 11.8 Å². The van der Waals surface area contributed by atoms with Crippen LogP contribution < -0.4 is 0 Å². The molecule has 6 rings (SSSR count). The van der Waals surface area contributed by atoms with E-state index in [1.54, 1.807) is 0 Å². The van der Waals surface area contributed by atoms with Crippen molar-refractivity contribution in [3.05, 3.63) is 140 Å². The highest BCUT2D eigenvalue weighted by molar-refractivity contribution is 5.98. The number of aryl methyl sites for hydroxylation is 6. The lowest BCUT2D eigenvalue weighted by Crippen LogP contribution is -2.01. The van der Waals surface area contributed by atoms with Crippen LogP contribution in [0.15, 0.2) is 94.2 Å². The highest BCUT2D eigenvalue weighted by atomic mass is 16.5. The van der Waals surface area contributed by atoms with Gasteiger partial charge in [-0.2, -0.15) is 0 Å². The van der Waals surface area contributed by atoms with Gasteiger partial charge in [-0.05, 0) is 125 Å². The van der Waals surface area contributed by atoms with Crippen molar-refractivity contribution in [3.8, 4) is 11.4 Å². The lowest BCUT2D eigenvalue weighted by Gasteiger charge is -2.16. The molecular weight excluding hydrogens is 568 g/mol. The standard InChI is InChI=1S/C40H42N4O2/c1-9-45-35-17-15-33(43-35)39(37-25(5)19-23(3)20-26(37)6)31-13-11-29(41-31)30-12-14-32(42-30)40(34-16-18-36(44-34)46-10-2)38-27(7)21-24(4)22-28(38)8/h11-22,41-42H,9-10H2,1-8H3/b39-33+,40-34+. The smallest absolute Gasteiger partial charge is 0.213 e. The number of aliphatic imine (C=N–C) groups is 2. The van der Waals surface area contributed by atoms with Gasteiger partial charge in [0.25, 0.3) is 0 Å². The largest absolute Gasteiger partial charge is 0.478 e. The van der Waals surface area contributed by atoms with Crippen molar-refractivity contribution in [3.63, 3.8) is 0 Å². The quantitative estimate of drug-likeness (QED) is 0.219. The van der Waals surface area contributed by atoms with E-state index < -0.39 is 0 Å². The number of benzene rings is 2. The number of aromatic amines is 2. The van der Waals surface area contributed by atoms with E-state index in [2.05, 4.69) is 100 Å². The number of nitrogens with zero attached hydrogens (tertiary/aromatic N) is 2. The minimum Gasteiger partial charge on any atom is -0.478 e. The molecule has 6 heteroatoms. The summed E-state index contributed by atoms with van der Waals surface area (Å²) in [6, 6.07) is 17.5. The Bertz CT molecular complexity index is 1830. The minimum atomic E-state index is 0.573. The Kier molecular flexibility index (Phi) is 8.55. The maximum absolute atomic E-state index is 5.74. The van der Waals surface area contributed by atoms with Crippen molar-refractivity contribution in [1.82, 2.24) is 9.97 Å². The van der Waals surface area contributed by atoms with Crippen molar-refractivity contribution in [2.75, 3.05) is 13.2 Å². The van der Waals surface area contributed by atoms with Crippen LogP contribution in [0.4, 0.5) is 0 Å². The number of aromatic nitrogens is 2. The maximum Gasteiger partial charge on any atom is 0.213 e. The van der Waals surface area contributed by atoms with Gasteiger partial charge in [0.15, 0.2) is 0 Å². The number of nitrogens with one attached hydrogen (secondary N) is 2. The average molecular weight is 611 g/mol. The summed E-state index contributed by atoms with van der Waals surface area (Å²) in [5.74, 6) is 1.27. The van der Waals surface area contributed by atoms with Crippen LogP contribution >= 0.6 is 0 Å². The summed E-state index contributed by atoms with van der Waals surface area (Å²) in [7, 11) is 0. The SMILES string of the molecule is CCOC1=N/C(=C(\c2ccc(-c3ccc(/C(=C4/C=CC(OCC)=N4)c4c(C)cc(C)cc4C)[nH]3)[nH]2)c2c(C)cc(C)cc2C)C=C1. The summed E-state index contributed by atoms with van der Waals surface area (Å²) in [6.07, 6.45) is 7.98. The molecular formula is C40H42N4O2. The second kappa shape index (κ2) is 12.7. The fourth-order valence-electron chi connectivity index (χ4n) is 6.77. The summed E-state index contributed by atoms with van der Waals surface area (Å²) >= 11 is 0. The van der Waals surface area contributed by atoms with Gasteiger partial charge in [0.05, 0.1) is 36.0 Å². The molecule has 0 atom stereocenters. The first-order valence-corrected chi connectivity index (χ1v) is 16.0. The number of H-pyrrole nitrogens is 2. The van der Waals surface area contributed by atoms with Crippen LogP contribution in [0, 0.1) is 41.5 Å². The molecule has 4 heterocycles. The molecule has 0 saturated carbocycles. The highest BCUT2D eigenvalue weighted by Gasteiger charge is 2.23. The van der Waals surface area contributed by atoms with Crippen molar-refractivity contribution in [2.45, 2.75) is 55.4 Å². The summed E-state index contributed by atoms with van der Waals surface area (Å²) < 4.78 is 11.5. The Hall–Kier alpha value is -5.10. The molecule has 6 nitrogen and oxygen atoms in total. The Balaban J connectivity index is 1.46. The van der Waals surface area contributed by atoms with Gasteiger partial charge in [0.1, 0.15) is 0 Å². The first-order valence-electron chi connectivity index (χ1n) is 16.0. The average Bonchev–Trinajstić information content (AvgIpc) is 3.81. The van der Waals surface area contributed by atoms with Gasteiger partial charge in [-0.1, -0.05) is 35.4 Å². The van der Waals surface area contributed by atoms with Crippen LogP contribution in [0.1, 0.15) is 69.7 Å². The third-order valence-electron chi connectivity index (χ3n) is 8.38. The Morgan fingerprint density at radius 2 is 0.913 bits per heavy atom. The van der Waals surface area contributed by atoms with Gasteiger partial charge >= 0.3 is 0 Å². The third-order valence-corrected chi connectivity index (χ3v) is 8.38. The molecule has 2 aromatic carbocycles. The molecule has 0 aliphatic carbocycles. The molecule has 2 N–H and O–H groups in total. The maximum atomic E-state index is 5.74. The lowest BCUT2D eigenvalue weighted by molar-refractivity contribution is 0.330. The Morgan fingerprint density at radius 1 is 0.543 bits per heavy atom. The predicted molar refractivity (Wildman–Crippen MR) is 190 cm³/mol. The van der Waals surface area contributed by atoms with Crippen LogP contribution in [-0.2, 0) is 9.47 Å². The second-order valence-electron chi connectivity index (χ2n) is 12.1. The van der Waals surface area contributed by atoms with Crippen LogP contribution in [0.2, 0.25) is 0 Å². The summed E-state index contributed by atoms with van der Waals surface area (Å²) in [5, 5.41) is 0. The Labute approximate surface area is 272 Å². The molecule has 0 bridgehead atoms. The van der Waals surface area contributed by atoms with Gasteiger partial charge in [-0.3, -0.25) is 0 Å². The van der Waals surface area contributed by atoms with E-state index in [0.717, 1.165) is 45.3 Å². The zero-order valence-electron chi connectivity index (χ0n) is 28.1. The number of rotatable bonds is 7. The summed E-state index contributed by atoms with van der Waals surface area (Å²) in [5.41, 5.74) is 17.5. The van der Waals surface area contributed by atoms with Gasteiger partial charge in [-0.25, -0.2) is 9.98 Å². The van der Waals surface area contributed by atoms with Gasteiger partial charge < -0.3 is 19.4 Å². The topological polar surface area (TPSA) is 74.8 Å². The van der Waals surface area contributed by atoms with Gasteiger partial charge in [0, 0.05) is 34.7 Å². The fraction of sp³-hybridized carbons (Fsp3) is 0.250. The van der Waals surface area contributed by atoms with Crippen molar-refractivity contribution in [1.29, 1.82) is 0 Å². The van der Waals surface area contributed by atoms with Gasteiger partial charge in [-0.15, -0.1) is 0 Å². The number of hydrogen-bond acceptors (Lipinski definition) is 4. The predicted octanol–water partition coefficient (Wildman–Crippen LogP) is 9.39. The van der Waals surface area contributed by atoms with E-state index in [9.17, 15) is 0 Å². The lowest BCUT2D eigenvalue weighted by atomic mass is 9.90. The zero-order chi connectivity index (χ0) is 32.5. The fourth-order valence-corrected chi connectivity index (χ4v) is 6.77. The second-order valence-corrected chi connectivity index (χ2v) is 12.1. The van der Waals surface area contributed by atoms with Crippen molar-refractivity contribution >= 4 is 22.9 Å². The molecule has 0 amide bonds. The highest BCUT2D eigenvalue weighted by Crippen LogP contribution is 2.38. The number of allylic oxidation sites excluding steroid dienone is 2. The molecule has 2 aromatic heterocycles. The van der Waals surface area contributed by atoms with E-state index >= 15 is 0 Å². The third kappa shape index (κ3) is 5.95. The van der Waals surface area contributed by atoms with E-state index in [4.69, 9.17) is 19.5 Å². The number of hydrogen-bond donors (Lipinski definition) is 2. The monoisotopic (exact) mass is 610 g/mol. The van der Waals surface area contributed by atoms with Crippen molar-refractivity contribution in [2.24, 2.45) is 9.98 Å². The molecule has 0 saturated heterocycles. The molecule has 2 aliphatic heterocycles. The van der Waals surface area contributed by atoms with E-state index in [1.807, 2.05) is 38.2 Å². The molecule has 0 fully saturated rings. The first kappa shape index (κ1) is 30.9. The van der Waals surface area contributed by atoms with E-state index in [1.165, 1.54) is 44.5 Å². The molecule has 4 aromatic rings. The van der Waals surface area contributed by atoms with Crippen LogP contribution in [0.5, 0.6) is 0 Å². The molecule has 0 radical (unpaired) electrons. The molecule has 234 valence electrons. The van der Waals surface area contributed by atoms with Crippen LogP contribution in [-0.4, -0.2) is 35.0 Å². The first-order chi connectivity index (χ1) is 22.2. The van der Waals surface area contributed by atoms with Crippen LogP contribution in [0.3, 0.4) is 0 Å².